The lowest BCUT2D eigenvalue weighted by Gasteiger charge is -2.42. The van der Waals surface area contributed by atoms with E-state index in [9.17, 15) is 9.59 Å². The molecule has 0 bridgehead atoms. The molecule has 1 aliphatic rings. The normalized spacial score (nSPS) is 18.0. The van der Waals surface area contributed by atoms with Gasteiger partial charge in [0.15, 0.2) is 0 Å². The summed E-state index contributed by atoms with van der Waals surface area (Å²) >= 11 is 1.61. The first-order valence-electron chi connectivity index (χ1n) is 11.2. The zero-order valence-corrected chi connectivity index (χ0v) is 19.7. The second-order valence-corrected chi connectivity index (χ2v) is 9.89. The van der Waals surface area contributed by atoms with E-state index in [0.717, 1.165) is 16.9 Å². The summed E-state index contributed by atoms with van der Waals surface area (Å²) in [5.41, 5.74) is 3.89. The van der Waals surface area contributed by atoms with Crippen LogP contribution in [0.1, 0.15) is 57.7 Å². The van der Waals surface area contributed by atoms with Gasteiger partial charge in [0.1, 0.15) is 0 Å². The average Bonchev–Trinajstić information content (AvgIpc) is 3.29. The molecular formula is C27H30N2O2S. The third-order valence-corrected chi connectivity index (χ3v) is 6.86. The molecule has 166 valence electrons. The first kappa shape index (κ1) is 22.3. The van der Waals surface area contributed by atoms with Gasteiger partial charge in [-0.1, -0.05) is 67.9 Å². The van der Waals surface area contributed by atoms with Crippen LogP contribution < -0.4 is 5.32 Å². The lowest BCUT2D eigenvalue weighted by atomic mass is 9.81. The Balaban J connectivity index is 1.65. The molecule has 2 amide bonds. The van der Waals surface area contributed by atoms with Gasteiger partial charge in [-0.15, -0.1) is 11.3 Å². The molecule has 0 aliphatic carbocycles. The number of benzene rings is 2. The molecule has 1 N–H and O–H groups in total. The summed E-state index contributed by atoms with van der Waals surface area (Å²) in [6.45, 7) is 7.47. The number of hydrogen-bond donors (Lipinski definition) is 1. The molecule has 1 aliphatic heterocycles. The lowest BCUT2D eigenvalue weighted by Crippen LogP contribution is -2.48. The molecule has 0 fully saturated rings. The highest BCUT2D eigenvalue weighted by Gasteiger charge is 2.44. The summed E-state index contributed by atoms with van der Waals surface area (Å²) in [5.74, 6) is -0.142. The van der Waals surface area contributed by atoms with Crippen molar-refractivity contribution in [2.45, 2.75) is 39.2 Å². The Morgan fingerprint density at radius 1 is 1.09 bits per heavy atom. The van der Waals surface area contributed by atoms with Crippen LogP contribution in [-0.2, 0) is 11.2 Å². The maximum absolute atomic E-state index is 13.6. The molecule has 4 nitrogen and oxygen atoms in total. The molecule has 1 aromatic heterocycles. The van der Waals surface area contributed by atoms with Gasteiger partial charge >= 0.3 is 0 Å². The largest absolute Gasteiger partial charge is 0.355 e. The molecular weight excluding hydrogens is 416 g/mol. The molecule has 0 spiro atoms. The molecule has 3 aromatic rings. The maximum Gasteiger partial charge on any atom is 0.254 e. The Kier molecular flexibility index (Phi) is 6.75. The number of rotatable bonds is 7. The van der Waals surface area contributed by atoms with E-state index < -0.39 is 5.92 Å². The molecule has 5 heteroatoms. The van der Waals surface area contributed by atoms with Crippen LogP contribution in [0.4, 0.5) is 0 Å². The number of fused-ring (bicyclic) bond motifs is 1. The summed E-state index contributed by atoms with van der Waals surface area (Å²) in [5, 5.41) is 5.18. The standard InChI is InChI=1S/C27H30N2O2S/c1-18(2)17-29-25(23-12-7-15-32-23)24(21-10-4-5-11-22(21)27(29)31)26(30)28-14-13-20-9-6-8-19(3)16-20/h4-12,15-16,18,24-25H,13-14,17H2,1-3H3,(H,28,30). The first-order valence-corrected chi connectivity index (χ1v) is 12.1. The summed E-state index contributed by atoms with van der Waals surface area (Å²) < 4.78 is 0. The van der Waals surface area contributed by atoms with Gasteiger partial charge in [-0.2, -0.15) is 0 Å². The topological polar surface area (TPSA) is 49.4 Å². The summed E-state index contributed by atoms with van der Waals surface area (Å²) in [6, 6.07) is 19.7. The molecule has 0 radical (unpaired) electrons. The van der Waals surface area contributed by atoms with Gasteiger partial charge in [-0.25, -0.2) is 0 Å². The van der Waals surface area contributed by atoms with Crippen molar-refractivity contribution < 1.29 is 9.59 Å². The third-order valence-electron chi connectivity index (χ3n) is 5.91. The number of amides is 2. The van der Waals surface area contributed by atoms with Crippen molar-refractivity contribution in [2.24, 2.45) is 5.92 Å². The minimum atomic E-state index is -0.432. The highest BCUT2D eigenvalue weighted by Crippen LogP contribution is 2.44. The third kappa shape index (κ3) is 4.63. The number of nitrogens with one attached hydrogen (secondary N) is 1. The van der Waals surface area contributed by atoms with Crippen molar-refractivity contribution in [1.82, 2.24) is 10.2 Å². The zero-order valence-electron chi connectivity index (χ0n) is 18.9. The molecule has 2 heterocycles. The van der Waals surface area contributed by atoms with E-state index >= 15 is 0 Å². The van der Waals surface area contributed by atoms with E-state index in [4.69, 9.17) is 0 Å². The summed E-state index contributed by atoms with van der Waals surface area (Å²) in [4.78, 5) is 30.0. The average molecular weight is 447 g/mol. The molecule has 2 aromatic carbocycles. The molecule has 2 unspecified atom stereocenters. The maximum atomic E-state index is 13.6. The molecule has 0 saturated heterocycles. The Hall–Kier alpha value is -2.92. The van der Waals surface area contributed by atoms with Crippen LogP contribution in [0.15, 0.2) is 66.0 Å². The van der Waals surface area contributed by atoms with Gasteiger partial charge < -0.3 is 10.2 Å². The van der Waals surface area contributed by atoms with E-state index in [2.05, 4.69) is 44.3 Å². The van der Waals surface area contributed by atoms with Crippen LogP contribution >= 0.6 is 11.3 Å². The fourth-order valence-electron chi connectivity index (χ4n) is 4.55. The van der Waals surface area contributed by atoms with Gasteiger partial charge in [0, 0.05) is 23.5 Å². The van der Waals surface area contributed by atoms with Crippen LogP contribution in [0.3, 0.4) is 0 Å². The number of thiophene rings is 1. The molecule has 2 atom stereocenters. The van der Waals surface area contributed by atoms with Crippen LogP contribution in [0, 0.1) is 12.8 Å². The van der Waals surface area contributed by atoms with Crippen molar-refractivity contribution in [1.29, 1.82) is 0 Å². The van der Waals surface area contributed by atoms with Crippen LogP contribution in [0.2, 0.25) is 0 Å². The van der Waals surface area contributed by atoms with Crippen molar-refractivity contribution in [3.05, 3.63) is 93.2 Å². The minimum absolute atomic E-state index is 0.0107. The first-order chi connectivity index (χ1) is 15.5. The smallest absolute Gasteiger partial charge is 0.254 e. The van der Waals surface area contributed by atoms with Gasteiger partial charge in [-0.05, 0) is 47.9 Å². The van der Waals surface area contributed by atoms with Crippen molar-refractivity contribution in [3.63, 3.8) is 0 Å². The van der Waals surface area contributed by atoms with Crippen molar-refractivity contribution in [2.75, 3.05) is 13.1 Å². The molecule has 0 saturated carbocycles. The number of carbonyl (C=O) groups excluding carboxylic acids is 2. The Labute approximate surface area is 194 Å². The van der Waals surface area contributed by atoms with Crippen LogP contribution in [-0.4, -0.2) is 29.8 Å². The van der Waals surface area contributed by atoms with Gasteiger partial charge in [-0.3, -0.25) is 9.59 Å². The van der Waals surface area contributed by atoms with E-state index in [1.165, 1.54) is 11.1 Å². The monoisotopic (exact) mass is 446 g/mol. The van der Waals surface area contributed by atoms with Crippen LogP contribution in [0.25, 0.3) is 0 Å². The molecule has 32 heavy (non-hydrogen) atoms. The van der Waals surface area contributed by atoms with Crippen LogP contribution in [0.5, 0.6) is 0 Å². The number of hydrogen-bond acceptors (Lipinski definition) is 3. The Bertz CT molecular complexity index is 1090. The quantitative estimate of drug-likeness (QED) is 0.532. The van der Waals surface area contributed by atoms with E-state index in [1.54, 1.807) is 11.3 Å². The van der Waals surface area contributed by atoms with Crippen molar-refractivity contribution >= 4 is 23.2 Å². The van der Waals surface area contributed by atoms with Crippen molar-refractivity contribution in [3.8, 4) is 0 Å². The van der Waals surface area contributed by atoms with E-state index in [0.29, 0.717) is 24.6 Å². The second kappa shape index (κ2) is 9.70. The number of nitrogens with zero attached hydrogens (tertiary/aromatic N) is 1. The predicted molar refractivity (Wildman–Crippen MR) is 130 cm³/mol. The van der Waals surface area contributed by atoms with Gasteiger partial charge in [0.2, 0.25) is 5.91 Å². The number of aryl methyl sites for hydroxylation is 1. The lowest BCUT2D eigenvalue weighted by molar-refractivity contribution is -0.124. The predicted octanol–water partition coefficient (Wildman–Crippen LogP) is 5.35. The van der Waals surface area contributed by atoms with Gasteiger partial charge in [0.05, 0.1) is 12.0 Å². The fourth-order valence-corrected chi connectivity index (χ4v) is 5.43. The van der Waals surface area contributed by atoms with E-state index in [1.807, 2.05) is 52.7 Å². The molecule has 4 rings (SSSR count). The highest BCUT2D eigenvalue weighted by atomic mass is 32.1. The zero-order chi connectivity index (χ0) is 22.7. The minimum Gasteiger partial charge on any atom is -0.355 e. The SMILES string of the molecule is Cc1cccc(CCNC(=O)C2c3ccccc3C(=O)N(CC(C)C)C2c2cccs2)c1. The Morgan fingerprint density at radius 2 is 1.91 bits per heavy atom. The van der Waals surface area contributed by atoms with Gasteiger partial charge in [0.25, 0.3) is 5.91 Å². The Morgan fingerprint density at radius 3 is 2.62 bits per heavy atom. The summed E-state index contributed by atoms with van der Waals surface area (Å²) in [7, 11) is 0. The van der Waals surface area contributed by atoms with E-state index in [-0.39, 0.29) is 17.9 Å². The number of carbonyl (C=O) groups is 2. The fraction of sp³-hybridized carbons (Fsp3) is 0.333. The summed E-state index contributed by atoms with van der Waals surface area (Å²) in [6.07, 6.45) is 0.778. The second-order valence-electron chi connectivity index (χ2n) is 8.91. The highest BCUT2D eigenvalue weighted by molar-refractivity contribution is 7.10.